The number of para-hydroxylation sites is 2. The second-order valence-corrected chi connectivity index (χ2v) is 15.8. The van der Waals surface area contributed by atoms with Gasteiger partial charge in [0.25, 0.3) is 0 Å². The third-order valence-electron chi connectivity index (χ3n) is 9.56. The minimum Gasteiger partial charge on any atom is -0.456 e. The van der Waals surface area contributed by atoms with Gasteiger partial charge in [-0.05, 0) is 63.2 Å². The maximum Gasteiger partial charge on any atom is 0.184 e. The molecular formula is C43H28N2OSi. The van der Waals surface area contributed by atoms with Crippen molar-refractivity contribution in [1.29, 1.82) is 5.26 Å². The molecule has 0 radical (unpaired) electrons. The van der Waals surface area contributed by atoms with Crippen LogP contribution in [-0.2, 0) is 0 Å². The maximum atomic E-state index is 9.62. The Labute approximate surface area is 273 Å². The highest BCUT2D eigenvalue weighted by molar-refractivity contribution is 7.20. The molecule has 0 amide bonds. The van der Waals surface area contributed by atoms with Gasteiger partial charge < -0.3 is 8.98 Å². The van der Waals surface area contributed by atoms with Crippen LogP contribution in [-0.4, -0.2) is 12.6 Å². The predicted octanol–water partition coefficient (Wildman–Crippen LogP) is 7.93. The lowest BCUT2D eigenvalue weighted by Crippen LogP contribution is -2.74. The first-order chi connectivity index (χ1) is 23.3. The van der Waals surface area contributed by atoms with E-state index in [0.717, 1.165) is 49.4 Å². The van der Waals surface area contributed by atoms with Crippen LogP contribution in [0.1, 0.15) is 5.56 Å². The highest BCUT2D eigenvalue weighted by Crippen LogP contribution is 2.36. The molecule has 0 spiro atoms. The summed E-state index contributed by atoms with van der Waals surface area (Å²) in [5.41, 5.74) is 5.69. The van der Waals surface area contributed by atoms with E-state index in [0.29, 0.717) is 5.56 Å². The third-order valence-corrected chi connectivity index (χ3v) is 14.4. The molecule has 220 valence electrons. The van der Waals surface area contributed by atoms with Gasteiger partial charge in [-0.15, -0.1) is 0 Å². The number of hydrogen-bond acceptors (Lipinski definition) is 2. The van der Waals surface area contributed by atoms with Crippen LogP contribution in [0.2, 0.25) is 0 Å². The van der Waals surface area contributed by atoms with Gasteiger partial charge >= 0.3 is 0 Å². The van der Waals surface area contributed by atoms with Crippen LogP contribution in [0.5, 0.6) is 0 Å². The SMILES string of the molecule is N#Cc1ccc2c(c1)c1ccccc1n2-c1ccc2oc3c([Si](c4ccccc4)(c4ccccc4)c4ccccc4)cccc3c2c1. The zero-order chi connectivity index (χ0) is 31.4. The predicted molar refractivity (Wildman–Crippen MR) is 196 cm³/mol. The number of hydrogen-bond donors (Lipinski definition) is 0. The number of benzene rings is 7. The van der Waals surface area contributed by atoms with E-state index in [9.17, 15) is 5.26 Å². The lowest BCUT2D eigenvalue weighted by atomic mass is 10.1. The Bertz CT molecular complexity index is 2530. The van der Waals surface area contributed by atoms with Crippen molar-refractivity contribution in [3.8, 4) is 11.8 Å². The number of nitriles is 1. The first kappa shape index (κ1) is 27.2. The number of furan rings is 1. The van der Waals surface area contributed by atoms with E-state index in [4.69, 9.17) is 4.42 Å². The summed E-state index contributed by atoms with van der Waals surface area (Å²) in [6, 6.07) is 62.7. The standard InChI is InChI=1S/C43H28N2OSi/c44-29-30-23-25-40-37(27-30)35-19-10-11-21-39(35)45(40)31-24-26-41-38(28-31)36-20-12-22-42(43(36)46-41)47(32-13-4-1-5-14-32,33-15-6-2-7-16-33)34-17-8-3-9-18-34/h1-28H. The van der Waals surface area contributed by atoms with E-state index in [1.807, 2.05) is 12.1 Å². The van der Waals surface area contributed by atoms with Crippen LogP contribution >= 0.6 is 0 Å². The molecule has 3 nitrogen and oxygen atoms in total. The third kappa shape index (κ3) is 4.04. The van der Waals surface area contributed by atoms with Gasteiger partial charge in [-0.2, -0.15) is 5.26 Å². The molecule has 0 aliphatic carbocycles. The van der Waals surface area contributed by atoms with Gasteiger partial charge in [0.15, 0.2) is 8.07 Å². The van der Waals surface area contributed by atoms with Crippen LogP contribution in [0.3, 0.4) is 0 Å². The first-order valence-electron chi connectivity index (χ1n) is 15.8. The maximum absolute atomic E-state index is 9.62. The Balaban J connectivity index is 1.35. The summed E-state index contributed by atoms with van der Waals surface area (Å²) < 4.78 is 9.22. The van der Waals surface area contributed by atoms with Gasteiger partial charge in [0, 0.05) is 27.2 Å². The minimum atomic E-state index is -2.80. The molecule has 0 atom stereocenters. The Hall–Kier alpha value is -6.15. The molecule has 0 aliphatic rings. The summed E-state index contributed by atoms with van der Waals surface area (Å²) in [6.07, 6.45) is 0. The molecule has 0 unspecified atom stereocenters. The van der Waals surface area contributed by atoms with Crippen LogP contribution in [0, 0.1) is 11.3 Å². The van der Waals surface area contributed by atoms with Crippen molar-refractivity contribution in [3.63, 3.8) is 0 Å². The van der Waals surface area contributed by atoms with E-state index in [-0.39, 0.29) is 0 Å². The summed E-state index contributed by atoms with van der Waals surface area (Å²) in [5.74, 6) is 0. The average Bonchev–Trinajstić information content (AvgIpc) is 3.69. The van der Waals surface area contributed by atoms with Crippen molar-refractivity contribution in [3.05, 3.63) is 175 Å². The lowest BCUT2D eigenvalue weighted by molar-refractivity contribution is 0.671. The van der Waals surface area contributed by atoms with Gasteiger partial charge in [-0.3, -0.25) is 0 Å². The molecule has 0 fully saturated rings. The van der Waals surface area contributed by atoms with Gasteiger partial charge in [0.2, 0.25) is 0 Å². The summed E-state index contributed by atoms with van der Waals surface area (Å²) in [7, 11) is -2.80. The molecule has 0 bridgehead atoms. The van der Waals surface area contributed by atoms with Gasteiger partial charge in [-0.1, -0.05) is 127 Å². The average molecular weight is 617 g/mol. The second-order valence-electron chi connectivity index (χ2n) is 12.0. The van der Waals surface area contributed by atoms with Gasteiger partial charge in [0.05, 0.1) is 22.7 Å². The molecule has 7 aromatic carbocycles. The van der Waals surface area contributed by atoms with E-state index >= 15 is 0 Å². The molecule has 0 aliphatic heterocycles. The molecular weight excluding hydrogens is 589 g/mol. The highest BCUT2D eigenvalue weighted by atomic mass is 28.3. The fourth-order valence-electron chi connectivity index (χ4n) is 7.57. The summed E-state index contributed by atoms with van der Waals surface area (Å²) in [4.78, 5) is 0. The highest BCUT2D eigenvalue weighted by Gasteiger charge is 2.43. The fourth-order valence-corrected chi connectivity index (χ4v) is 12.5. The molecule has 0 saturated heterocycles. The Kier molecular flexibility index (Phi) is 6.21. The molecule has 9 aromatic rings. The van der Waals surface area contributed by atoms with Crippen LogP contribution in [0.15, 0.2) is 174 Å². The van der Waals surface area contributed by atoms with Crippen LogP contribution in [0.25, 0.3) is 49.4 Å². The van der Waals surface area contributed by atoms with Crippen LogP contribution in [0.4, 0.5) is 0 Å². The molecule has 4 heteroatoms. The van der Waals surface area contributed by atoms with Crippen molar-refractivity contribution >= 4 is 72.6 Å². The molecule has 2 heterocycles. The Morgan fingerprint density at radius 2 is 1.09 bits per heavy atom. The van der Waals surface area contributed by atoms with Crippen molar-refractivity contribution < 1.29 is 4.42 Å². The van der Waals surface area contributed by atoms with Crippen LogP contribution < -0.4 is 20.7 Å². The number of fused-ring (bicyclic) bond motifs is 6. The first-order valence-corrected chi connectivity index (χ1v) is 17.8. The quantitative estimate of drug-likeness (QED) is 0.146. The van der Waals surface area contributed by atoms with Crippen molar-refractivity contribution in [2.24, 2.45) is 0 Å². The summed E-state index contributed by atoms with van der Waals surface area (Å²) in [5, 5.41) is 19.2. The molecule has 0 saturated carbocycles. The monoisotopic (exact) mass is 616 g/mol. The minimum absolute atomic E-state index is 0.659. The van der Waals surface area contributed by atoms with Crippen molar-refractivity contribution in [2.75, 3.05) is 0 Å². The molecule has 47 heavy (non-hydrogen) atoms. The van der Waals surface area contributed by atoms with Crippen molar-refractivity contribution in [1.82, 2.24) is 4.57 Å². The molecule has 2 aromatic heterocycles. The lowest BCUT2D eigenvalue weighted by Gasteiger charge is -2.34. The molecule has 9 rings (SSSR count). The van der Waals surface area contributed by atoms with E-state index < -0.39 is 8.07 Å². The largest absolute Gasteiger partial charge is 0.456 e. The fraction of sp³-hybridized carbons (Fsp3) is 0. The van der Waals surface area contributed by atoms with E-state index in [1.165, 1.54) is 20.7 Å². The van der Waals surface area contributed by atoms with E-state index in [1.54, 1.807) is 0 Å². The van der Waals surface area contributed by atoms with Gasteiger partial charge in [-0.25, -0.2) is 0 Å². The summed E-state index contributed by atoms with van der Waals surface area (Å²) in [6.45, 7) is 0. The second kappa shape index (κ2) is 10.7. The van der Waals surface area contributed by atoms with E-state index in [2.05, 4.69) is 168 Å². The zero-order valence-corrected chi connectivity index (χ0v) is 26.5. The van der Waals surface area contributed by atoms with Crippen molar-refractivity contribution in [2.45, 2.75) is 0 Å². The Morgan fingerprint density at radius 3 is 1.74 bits per heavy atom. The number of nitrogens with zero attached hydrogens (tertiary/aromatic N) is 2. The Morgan fingerprint density at radius 1 is 0.489 bits per heavy atom. The number of rotatable bonds is 5. The zero-order valence-electron chi connectivity index (χ0n) is 25.5. The topological polar surface area (TPSA) is 41.9 Å². The van der Waals surface area contributed by atoms with Gasteiger partial charge in [0.1, 0.15) is 11.2 Å². The normalized spacial score (nSPS) is 11.8. The summed E-state index contributed by atoms with van der Waals surface area (Å²) >= 11 is 0. The number of aromatic nitrogens is 1. The molecule has 0 N–H and O–H groups in total. The smallest absolute Gasteiger partial charge is 0.184 e.